The van der Waals surface area contributed by atoms with Gasteiger partial charge in [0.1, 0.15) is 0 Å². The Morgan fingerprint density at radius 2 is 2.27 bits per heavy atom. The highest BCUT2D eigenvalue weighted by atomic mass is 35.5. The van der Waals surface area contributed by atoms with E-state index < -0.39 is 0 Å². The van der Waals surface area contributed by atoms with Crippen LogP contribution in [0.3, 0.4) is 0 Å². The second kappa shape index (κ2) is 3.70. The average molecular weight is 227 g/mol. The van der Waals surface area contributed by atoms with Gasteiger partial charge in [-0.25, -0.2) is 0 Å². The van der Waals surface area contributed by atoms with Gasteiger partial charge in [-0.3, -0.25) is 9.59 Å². The van der Waals surface area contributed by atoms with Crippen molar-refractivity contribution >= 4 is 17.5 Å². The summed E-state index contributed by atoms with van der Waals surface area (Å²) < 4.78 is 0. The molecule has 1 aromatic heterocycles. The number of aromatic nitrogens is 1. The molecule has 1 aromatic rings. The third-order valence-corrected chi connectivity index (χ3v) is 3.05. The van der Waals surface area contributed by atoms with Gasteiger partial charge in [-0.1, -0.05) is 0 Å². The largest absolute Gasteiger partial charge is 0.345 e. The van der Waals surface area contributed by atoms with Crippen LogP contribution in [0.4, 0.5) is 0 Å². The molecule has 80 valence electrons. The van der Waals surface area contributed by atoms with Gasteiger partial charge in [0.25, 0.3) is 5.91 Å². The maximum Gasteiger partial charge on any atom is 0.253 e. The quantitative estimate of drug-likeness (QED) is 0.752. The summed E-state index contributed by atoms with van der Waals surface area (Å²) in [6.45, 7) is 0. The van der Waals surface area contributed by atoms with Crippen LogP contribution in [0, 0.1) is 0 Å². The lowest BCUT2D eigenvalue weighted by Crippen LogP contribution is -2.38. The Morgan fingerprint density at radius 3 is 2.73 bits per heavy atom. The number of hydrogen-bond acceptors (Lipinski definition) is 2. The van der Waals surface area contributed by atoms with Crippen molar-refractivity contribution in [2.75, 3.05) is 5.88 Å². The van der Waals surface area contributed by atoms with E-state index >= 15 is 0 Å². The Hall–Kier alpha value is -1.29. The van der Waals surface area contributed by atoms with E-state index in [9.17, 15) is 9.59 Å². The summed E-state index contributed by atoms with van der Waals surface area (Å²) in [6.07, 6.45) is 3.25. The molecular formula is C10H11ClN2O2. The predicted molar refractivity (Wildman–Crippen MR) is 57.2 cm³/mol. The first kappa shape index (κ1) is 10.2. The zero-order chi connectivity index (χ0) is 10.9. The Bertz CT molecular complexity index is 417. The number of halogens is 1. The molecule has 0 unspecified atom stereocenters. The number of carbonyl (C=O) groups is 1. The number of nitrogens with one attached hydrogen (secondary N) is 2. The third kappa shape index (κ3) is 2.21. The highest BCUT2D eigenvalue weighted by Crippen LogP contribution is 2.36. The van der Waals surface area contributed by atoms with E-state index in [4.69, 9.17) is 11.6 Å². The number of rotatable bonds is 3. The molecule has 1 aliphatic rings. The molecule has 4 nitrogen and oxygen atoms in total. The van der Waals surface area contributed by atoms with Gasteiger partial charge in [-0.05, 0) is 18.9 Å². The van der Waals surface area contributed by atoms with E-state index in [-0.39, 0.29) is 17.0 Å². The number of aromatic amines is 1. The minimum atomic E-state index is -0.218. The van der Waals surface area contributed by atoms with Crippen LogP contribution in [-0.4, -0.2) is 22.3 Å². The molecule has 0 spiro atoms. The number of alkyl halides is 1. The summed E-state index contributed by atoms with van der Waals surface area (Å²) in [5.41, 5.74) is 0.0189. The van der Waals surface area contributed by atoms with Gasteiger partial charge >= 0.3 is 0 Å². The van der Waals surface area contributed by atoms with Gasteiger partial charge in [0.2, 0.25) is 5.56 Å². The number of hydrogen-bond donors (Lipinski definition) is 2. The Morgan fingerprint density at radius 1 is 1.53 bits per heavy atom. The first-order valence-electron chi connectivity index (χ1n) is 4.72. The van der Waals surface area contributed by atoms with Crippen LogP contribution >= 0.6 is 11.6 Å². The van der Waals surface area contributed by atoms with Gasteiger partial charge in [-0.2, -0.15) is 0 Å². The minimum absolute atomic E-state index is 0.190. The summed E-state index contributed by atoms with van der Waals surface area (Å²) in [7, 11) is 0. The lowest BCUT2D eigenvalue weighted by Gasteiger charge is -2.13. The first-order valence-corrected chi connectivity index (χ1v) is 5.26. The molecule has 1 heterocycles. The molecule has 1 amide bonds. The average Bonchev–Trinajstić information content (AvgIpc) is 2.99. The minimum Gasteiger partial charge on any atom is -0.345 e. The molecule has 2 N–H and O–H groups in total. The molecular weight excluding hydrogens is 216 g/mol. The second-order valence-electron chi connectivity index (χ2n) is 3.81. The van der Waals surface area contributed by atoms with Crippen molar-refractivity contribution < 1.29 is 4.79 Å². The van der Waals surface area contributed by atoms with Crippen LogP contribution < -0.4 is 10.9 Å². The van der Waals surface area contributed by atoms with E-state index in [0.29, 0.717) is 11.4 Å². The highest BCUT2D eigenvalue weighted by Gasteiger charge is 2.43. The zero-order valence-corrected chi connectivity index (χ0v) is 8.80. The van der Waals surface area contributed by atoms with Crippen molar-refractivity contribution in [3.63, 3.8) is 0 Å². The molecule has 0 atom stereocenters. The van der Waals surface area contributed by atoms with E-state index in [2.05, 4.69) is 10.3 Å². The normalized spacial score (nSPS) is 17.1. The van der Waals surface area contributed by atoms with Crippen LogP contribution in [0.5, 0.6) is 0 Å². The van der Waals surface area contributed by atoms with Crippen LogP contribution in [0.15, 0.2) is 23.1 Å². The summed E-state index contributed by atoms with van der Waals surface area (Å²) in [4.78, 5) is 24.9. The number of amides is 1. The van der Waals surface area contributed by atoms with Crippen LogP contribution in [0.1, 0.15) is 23.2 Å². The van der Waals surface area contributed by atoms with Gasteiger partial charge in [0, 0.05) is 18.1 Å². The predicted octanol–water partition coefficient (Wildman–Crippen LogP) is 0.876. The molecule has 1 fully saturated rings. The molecule has 0 saturated heterocycles. The molecule has 2 rings (SSSR count). The van der Waals surface area contributed by atoms with E-state index in [1.165, 1.54) is 18.3 Å². The summed E-state index contributed by atoms with van der Waals surface area (Å²) in [5, 5.41) is 2.86. The van der Waals surface area contributed by atoms with Crippen molar-refractivity contribution in [3.8, 4) is 0 Å². The van der Waals surface area contributed by atoms with Crippen LogP contribution in [0.2, 0.25) is 0 Å². The molecule has 0 aliphatic heterocycles. The fourth-order valence-electron chi connectivity index (χ4n) is 1.31. The molecule has 0 bridgehead atoms. The summed E-state index contributed by atoms with van der Waals surface area (Å²) in [5.74, 6) is 0.242. The molecule has 1 saturated carbocycles. The van der Waals surface area contributed by atoms with Gasteiger partial charge < -0.3 is 10.3 Å². The lowest BCUT2D eigenvalue weighted by atomic mass is 10.2. The molecule has 1 aliphatic carbocycles. The number of H-pyrrole nitrogens is 1. The SMILES string of the molecule is O=C(NC1(CCl)CC1)c1ccc(=O)[nH]c1. The van der Waals surface area contributed by atoms with Crippen LogP contribution in [-0.2, 0) is 0 Å². The fourth-order valence-corrected chi connectivity index (χ4v) is 1.64. The number of pyridine rings is 1. The van der Waals surface area contributed by atoms with E-state index in [1.54, 1.807) is 0 Å². The van der Waals surface area contributed by atoms with Gasteiger partial charge in [0.05, 0.1) is 11.1 Å². The maximum absolute atomic E-state index is 11.7. The van der Waals surface area contributed by atoms with E-state index in [1.807, 2.05) is 0 Å². The second-order valence-corrected chi connectivity index (χ2v) is 4.08. The Kier molecular flexibility index (Phi) is 2.52. The van der Waals surface area contributed by atoms with Crippen molar-refractivity contribution in [2.24, 2.45) is 0 Å². The summed E-state index contributed by atoms with van der Waals surface area (Å²) in [6, 6.07) is 2.83. The smallest absolute Gasteiger partial charge is 0.253 e. The third-order valence-electron chi connectivity index (χ3n) is 2.53. The van der Waals surface area contributed by atoms with E-state index in [0.717, 1.165) is 12.8 Å². The van der Waals surface area contributed by atoms with Crippen LogP contribution in [0.25, 0.3) is 0 Å². The maximum atomic E-state index is 11.7. The van der Waals surface area contributed by atoms with Gasteiger partial charge in [-0.15, -0.1) is 11.6 Å². The topological polar surface area (TPSA) is 62.0 Å². The monoisotopic (exact) mass is 226 g/mol. The summed E-state index contributed by atoms with van der Waals surface area (Å²) >= 11 is 5.74. The molecule has 5 heteroatoms. The zero-order valence-electron chi connectivity index (χ0n) is 8.05. The number of carbonyl (C=O) groups excluding carboxylic acids is 1. The lowest BCUT2D eigenvalue weighted by molar-refractivity contribution is 0.0935. The highest BCUT2D eigenvalue weighted by molar-refractivity contribution is 6.19. The molecule has 0 radical (unpaired) electrons. The van der Waals surface area contributed by atoms with Crippen molar-refractivity contribution in [3.05, 3.63) is 34.2 Å². The van der Waals surface area contributed by atoms with Gasteiger partial charge in [0.15, 0.2) is 0 Å². The molecule has 0 aromatic carbocycles. The van der Waals surface area contributed by atoms with Crippen molar-refractivity contribution in [1.82, 2.24) is 10.3 Å². The molecule has 15 heavy (non-hydrogen) atoms. The Balaban J connectivity index is 2.08. The standard InChI is InChI=1S/C10H11ClN2O2/c11-6-10(3-4-10)13-9(15)7-1-2-8(14)12-5-7/h1-2,5H,3-4,6H2,(H,12,14)(H,13,15). The Labute approximate surface area is 91.6 Å². The first-order chi connectivity index (χ1) is 7.15. The van der Waals surface area contributed by atoms with Crippen molar-refractivity contribution in [1.29, 1.82) is 0 Å². The fraction of sp³-hybridized carbons (Fsp3) is 0.400. The van der Waals surface area contributed by atoms with Crippen molar-refractivity contribution in [2.45, 2.75) is 18.4 Å².